The first-order valence-corrected chi connectivity index (χ1v) is 10.3. The third-order valence-electron chi connectivity index (χ3n) is 5.66. The van der Waals surface area contributed by atoms with Crippen molar-refractivity contribution in [3.8, 4) is 11.5 Å². The molecule has 0 saturated carbocycles. The molecule has 1 heterocycles. The van der Waals surface area contributed by atoms with Gasteiger partial charge < -0.3 is 9.73 Å². The molecule has 4 nitrogen and oxygen atoms in total. The van der Waals surface area contributed by atoms with Gasteiger partial charge in [-0.25, -0.2) is 4.98 Å². The van der Waals surface area contributed by atoms with Crippen LogP contribution in [-0.4, -0.2) is 10.9 Å². The number of fused-ring (bicyclic) bond motifs is 2. The standard InChI is InChI=1S/C27H22N2O2/c1-16-8-13-24-25(14-16)31-27(29-24)23-15-19(11-9-18(23)3)28-26(30)22-12-10-17(2)20-6-4-5-7-21(20)22/h4-15H,1-3H3,(H,28,30). The lowest BCUT2D eigenvalue weighted by Crippen LogP contribution is -2.12. The number of nitrogens with one attached hydrogen (secondary N) is 1. The van der Waals surface area contributed by atoms with Crippen LogP contribution in [0.25, 0.3) is 33.3 Å². The quantitative estimate of drug-likeness (QED) is 0.357. The topological polar surface area (TPSA) is 55.1 Å². The molecule has 5 rings (SSSR count). The van der Waals surface area contributed by atoms with Crippen molar-refractivity contribution in [3.63, 3.8) is 0 Å². The maximum absolute atomic E-state index is 13.1. The highest BCUT2D eigenvalue weighted by Gasteiger charge is 2.15. The third-order valence-corrected chi connectivity index (χ3v) is 5.66. The normalized spacial score (nSPS) is 11.2. The molecule has 31 heavy (non-hydrogen) atoms. The molecular formula is C27H22N2O2. The fourth-order valence-corrected chi connectivity index (χ4v) is 3.92. The summed E-state index contributed by atoms with van der Waals surface area (Å²) in [7, 11) is 0. The molecule has 152 valence electrons. The lowest BCUT2D eigenvalue weighted by molar-refractivity contribution is 0.102. The van der Waals surface area contributed by atoms with Gasteiger partial charge in [-0.05, 0) is 78.6 Å². The van der Waals surface area contributed by atoms with Crippen LogP contribution >= 0.6 is 0 Å². The number of benzene rings is 4. The molecule has 0 radical (unpaired) electrons. The Hall–Kier alpha value is -3.92. The van der Waals surface area contributed by atoms with E-state index in [0.29, 0.717) is 17.1 Å². The van der Waals surface area contributed by atoms with Crippen molar-refractivity contribution in [1.82, 2.24) is 4.98 Å². The smallest absolute Gasteiger partial charge is 0.256 e. The lowest BCUT2D eigenvalue weighted by atomic mass is 9.99. The number of carbonyl (C=O) groups excluding carboxylic acids is 1. The Morgan fingerprint density at radius 1 is 0.839 bits per heavy atom. The zero-order valence-electron chi connectivity index (χ0n) is 17.7. The van der Waals surface area contributed by atoms with E-state index in [1.807, 2.05) is 86.6 Å². The molecule has 0 saturated heterocycles. The van der Waals surface area contributed by atoms with Gasteiger partial charge in [0.05, 0.1) is 0 Å². The molecule has 0 spiro atoms. The van der Waals surface area contributed by atoms with Crippen LogP contribution in [0.2, 0.25) is 0 Å². The predicted molar refractivity (Wildman–Crippen MR) is 126 cm³/mol. The third kappa shape index (κ3) is 3.46. The molecule has 1 amide bonds. The SMILES string of the molecule is Cc1ccc2nc(-c3cc(NC(=O)c4ccc(C)c5ccccc45)ccc3C)oc2c1. The molecule has 0 atom stereocenters. The molecule has 0 bridgehead atoms. The van der Waals surface area contributed by atoms with E-state index in [0.717, 1.165) is 44.1 Å². The summed E-state index contributed by atoms with van der Waals surface area (Å²) < 4.78 is 6.01. The number of nitrogens with zero attached hydrogens (tertiary/aromatic N) is 1. The summed E-state index contributed by atoms with van der Waals surface area (Å²) >= 11 is 0. The Labute approximate surface area is 180 Å². The van der Waals surface area contributed by atoms with Gasteiger partial charge in [-0.3, -0.25) is 4.79 Å². The highest BCUT2D eigenvalue weighted by Crippen LogP contribution is 2.30. The van der Waals surface area contributed by atoms with E-state index in [9.17, 15) is 4.79 Å². The van der Waals surface area contributed by atoms with Gasteiger partial charge in [0, 0.05) is 16.8 Å². The first kappa shape index (κ1) is 19.1. The van der Waals surface area contributed by atoms with Crippen molar-refractivity contribution < 1.29 is 9.21 Å². The highest BCUT2D eigenvalue weighted by molar-refractivity contribution is 6.13. The average molecular weight is 406 g/mol. The average Bonchev–Trinajstić information content (AvgIpc) is 3.18. The molecule has 4 aromatic carbocycles. The van der Waals surface area contributed by atoms with Crippen molar-refractivity contribution in [2.75, 3.05) is 5.32 Å². The molecule has 0 aliphatic carbocycles. The molecule has 1 aromatic heterocycles. The van der Waals surface area contributed by atoms with Crippen molar-refractivity contribution >= 4 is 33.5 Å². The van der Waals surface area contributed by atoms with Crippen LogP contribution in [0.5, 0.6) is 0 Å². The number of oxazole rings is 1. The maximum Gasteiger partial charge on any atom is 0.256 e. The van der Waals surface area contributed by atoms with Crippen LogP contribution in [-0.2, 0) is 0 Å². The van der Waals surface area contributed by atoms with Crippen LogP contribution in [0.1, 0.15) is 27.0 Å². The number of aromatic nitrogens is 1. The predicted octanol–water partition coefficient (Wildman–Crippen LogP) is 6.83. The van der Waals surface area contributed by atoms with Gasteiger partial charge in [-0.2, -0.15) is 0 Å². The second kappa shape index (κ2) is 7.40. The number of hydrogen-bond acceptors (Lipinski definition) is 3. The van der Waals surface area contributed by atoms with Gasteiger partial charge in [0.25, 0.3) is 5.91 Å². The second-order valence-electron chi connectivity index (χ2n) is 7.95. The second-order valence-corrected chi connectivity index (χ2v) is 7.95. The van der Waals surface area contributed by atoms with Gasteiger partial charge in [-0.15, -0.1) is 0 Å². The van der Waals surface area contributed by atoms with Crippen LogP contribution < -0.4 is 5.32 Å². The molecule has 0 unspecified atom stereocenters. The summed E-state index contributed by atoms with van der Waals surface area (Å²) in [6.07, 6.45) is 0. The number of hydrogen-bond donors (Lipinski definition) is 1. The van der Waals surface area contributed by atoms with Crippen LogP contribution in [0.3, 0.4) is 0 Å². The fraction of sp³-hybridized carbons (Fsp3) is 0.111. The van der Waals surface area contributed by atoms with Crippen LogP contribution in [0.15, 0.2) is 77.2 Å². The zero-order chi connectivity index (χ0) is 21.5. The fourth-order valence-electron chi connectivity index (χ4n) is 3.92. The monoisotopic (exact) mass is 406 g/mol. The van der Waals surface area contributed by atoms with E-state index in [1.54, 1.807) is 0 Å². The minimum absolute atomic E-state index is 0.140. The Bertz CT molecular complexity index is 1460. The molecule has 0 aliphatic rings. The van der Waals surface area contributed by atoms with Crippen LogP contribution in [0.4, 0.5) is 5.69 Å². The van der Waals surface area contributed by atoms with Gasteiger partial charge >= 0.3 is 0 Å². The van der Waals surface area contributed by atoms with Crippen molar-refractivity contribution in [2.24, 2.45) is 0 Å². The van der Waals surface area contributed by atoms with Gasteiger partial charge in [-0.1, -0.05) is 42.5 Å². The maximum atomic E-state index is 13.1. The van der Waals surface area contributed by atoms with Crippen molar-refractivity contribution in [3.05, 3.63) is 95.1 Å². The van der Waals surface area contributed by atoms with Crippen molar-refractivity contribution in [2.45, 2.75) is 20.8 Å². The minimum atomic E-state index is -0.140. The summed E-state index contributed by atoms with van der Waals surface area (Å²) in [6, 6.07) is 23.6. The van der Waals surface area contributed by atoms with Gasteiger partial charge in [0.15, 0.2) is 5.58 Å². The summed E-state index contributed by atoms with van der Waals surface area (Å²) in [5.74, 6) is 0.411. The highest BCUT2D eigenvalue weighted by atomic mass is 16.3. The van der Waals surface area contributed by atoms with Gasteiger partial charge in [0.2, 0.25) is 5.89 Å². The number of anilines is 1. The summed E-state index contributed by atoms with van der Waals surface area (Å²) in [5.41, 5.74) is 7.10. The van der Waals surface area contributed by atoms with E-state index in [-0.39, 0.29) is 5.91 Å². The summed E-state index contributed by atoms with van der Waals surface area (Å²) in [5, 5.41) is 5.07. The van der Waals surface area contributed by atoms with E-state index in [4.69, 9.17) is 4.42 Å². The largest absolute Gasteiger partial charge is 0.436 e. The molecular weight excluding hydrogens is 384 g/mol. The van der Waals surface area contributed by atoms with E-state index in [2.05, 4.69) is 17.2 Å². The van der Waals surface area contributed by atoms with E-state index >= 15 is 0 Å². The Kier molecular flexibility index (Phi) is 4.55. The minimum Gasteiger partial charge on any atom is -0.436 e. The Morgan fingerprint density at radius 2 is 1.61 bits per heavy atom. The first-order chi connectivity index (χ1) is 15.0. The number of carbonyl (C=O) groups is 1. The number of amides is 1. The molecule has 0 fully saturated rings. The number of rotatable bonds is 3. The molecule has 1 N–H and O–H groups in total. The summed E-state index contributed by atoms with van der Waals surface area (Å²) in [6.45, 7) is 6.09. The Morgan fingerprint density at radius 3 is 2.45 bits per heavy atom. The molecule has 4 heteroatoms. The van der Waals surface area contributed by atoms with Gasteiger partial charge in [0.1, 0.15) is 5.52 Å². The lowest BCUT2D eigenvalue weighted by Gasteiger charge is -2.11. The van der Waals surface area contributed by atoms with E-state index < -0.39 is 0 Å². The van der Waals surface area contributed by atoms with Crippen molar-refractivity contribution in [1.29, 1.82) is 0 Å². The zero-order valence-corrected chi connectivity index (χ0v) is 17.7. The molecule has 0 aliphatic heterocycles. The number of aryl methyl sites for hydroxylation is 3. The van der Waals surface area contributed by atoms with E-state index in [1.165, 1.54) is 0 Å². The van der Waals surface area contributed by atoms with Crippen LogP contribution in [0, 0.1) is 20.8 Å². The summed E-state index contributed by atoms with van der Waals surface area (Å²) in [4.78, 5) is 17.7. The molecule has 5 aromatic rings. The Balaban J connectivity index is 1.51. The first-order valence-electron chi connectivity index (χ1n) is 10.3.